The third kappa shape index (κ3) is 3.72. The van der Waals surface area contributed by atoms with E-state index >= 15 is 0 Å². The Balaban J connectivity index is 2.13. The number of hydrogen-bond acceptors (Lipinski definition) is 10. The average molecular weight is 311 g/mol. The molecule has 21 heavy (non-hydrogen) atoms. The Morgan fingerprint density at radius 1 is 1.57 bits per heavy atom. The topological polar surface area (TPSA) is 130 Å². The summed E-state index contributed by atoms with van der Waals surface area (Å²) in [6, 6.07) is 0. The SMILES string of the molecule is CCOC(=O)/C(=N/OCc1nnnn1C)c1csc(N)n1. The van der Waals surface area contributed by atoms with E-state index in [0.29, 0.717) is 16.6 Å². The minimum atomic E-state index is -0.640. The standard InChI is InChI=1S/C10H13N7O3S/c1-3-19-9(18)8(6-5-21-10(11)12-6)14-20-4-7-13-15-16-17(7)2/h5H,3-4H2,1-2H3,(H2,11,12)/b14-8+. The van der Waals surface area contributed by atoms with Crippen molar-refractivity contribution >= 4 is 28.1 Å². The molecule has 2 N–H and O–H groups in total. The molecular formula is C10H13N7O3S. The van der Waals surface area contributed by atoms with Crippen LogP contribution in [-0.2, 0) is 28.0 Å². The number of oxime groups is 1. The maximum absolute atomic E-state index is 11.9. The molecule has 0 radical (unpaired) electrons. The summed E-state index contributed by atoms with van der Waals surface area (Å²) >= 11 is 1.19. The van der Waals surface area contributed by atoms with Crippen molar-refractivity contribution in [2.24, 2.45) is 12.2 Å². The van der Waals surface area contributed by atoms with Crippen molar-refractivity contribution in [2.75, 3.05) is 12.3 Å². The third-order valence-corrected chi connectivity index (χ3v) is 2.96. The summed E-state index contributed by atoms with van der Waals surface area (Å²) < 4.78 is 6.34. The first kappa shape index (κ1) is 14.8. The van der Waals surface area contributed by atoms with Crippen molar-refractivity contribution in [3.63, 3.8) is 0 Å². The number of carbonyl (C=O) groups is 1. The largest absolute Gasteiger partial charge is 0.461 e. The first-order chi connectivity index (χ1) is 10.1. The van der Waals surface area contributed by atoms with Gasteiger partial charge in [0.1, 0.15) is 5.69 Å². The number of aromatic nitrogens is 5. The smallest absolute Gasteiger partial charge is 0.362 e. The van der Waals surface area contributed by atoms with E-state index in [-0.39, 0.29) is 18.9 Å². The van der Waals surface area contributed by atoms with E-state index in [0.717, 1.165) is 0 Å². The highest BCUT2D eigenvalue weighted by molar-refractivity contribution is 7.13. The van der Waals surface area contributed by atoms with Crippen LogP contribution in [0.1, 0.15) is 18.4 Å². The Bertz CT molecular complexity index is 651. The van der Waals surface area contributed by atoms with Crippen molar-refractivity contribution in [3.05, 3.63) is 16.9 Å². The van der Waals surface area contributed by atoms with Crippen LogP contribution in [0.4, 0.5) is 5.13 Å². The molecule has 2 aromatic heterocycles. The number of ether oxygens (including phenoxy) is 1. The van der Waals surface area contributed by atoms with E-state index in [1.165, 1.54) is 16.0 Å². The van der Waals surface area contributed by atoms with Crippen molar-refractivity contribution in [1.82, 2.24) is 25.2 Å². The van der Waals surface area contributed by atoms with E-state index < -0.39 is 5.97 Å². The summed E-state index contributed by atoms with van der Waals surface area (Å²) in [7, 11) is 1.66. The zero-order valence-electron chi connectivity index (χ0n) is 11.4. The van der Waals surface area contributed by atoms with Crippen molar-refractivity contribution in [3.8, 4) is 0 Å². The molecule has 0 unspecified atom stereocenters. The van der Waals surface area contributed by atoms with Crippen LogP contribution in [0.3, 0.4) is 0 Å². The second-order valence-corrected chi connectivity index (χ2v) is 4.61. The van der Waals surface area contributed by atoms with Gasteiger partial charge in [-0.3, -0.25) is 0 Å². The Labute approximate surface area is 123 Å². The summed E-state index contributed by atoms with van der Waals surface area (Å²) in [5, 5.41) is 16.5. The molecular weight excluding hydrogens is 298 g/mol. The molecule has 0 bridgehead atoms. The zero-order valence-corrected chi connectivity index (χ0v) is 12.2. The number of nitrogen functional groups attached to an aromatic ring is 1. The Morgan fingerprint density at radius 3 is 2.95 bits per heavy atom. The highest BCUT2D eigenvalue weighted by atomic mass is 32.1. The van der Waals surface area contributed by atoms with Gasteiger partial charge in [0.15, 0.2) is 17.6 Å². The van der Waals surface area contributed by atoms with Crippen LogP contribution in [0.25, 0.3) is 0 Å². The molecule has 0 aromatic carbocycles. The zero-order chi connectivity index (χ0) is 15.2. The van der Waals surface area contributed by atoms with Crippen LogP contribution in [0, 0.1) is 0 Å². The third-order valence-electron chi connectivity index (χ3n) is 2.29. The molecule has 0 saturated heterocycles. The maximum atomic E-state index is 11.9. The number of rotatable bonds is 6. The van der Waals surface area contributed by atoms with Gasteiger partial charge in [0.2, 0.25) is 5.71 Å². The van der Waals surface area contributed by atoms with Gasteiger partial charge in [0.25, 0.3) is 0 Å². The Hall–Kier alpha value is -2.56. The van der Waals surface area contributed by atoms with E-state index in [9.17, 15) is 4.79 Å². The molecule has 112 valence electrons. The van der Waals surface area contributed by atoms with Crippen molar-refractivity contribution in [2.45, 2.75) is 13.5 Å². The lowest BCUT2D eigenvalue weighted by Gasteiger charge is -2.03. The van der Waals surface area contributed by atoms with Gasteiger partial charge in [-0.25, -0.2) is 14.5 Å². The molecule has 0 aliphatic carbocycles. The molecule has 2 aromatic rings. The van der Waals surface area contributed by atoms with Gasteiger partial charge in [-0.15, -0.1) is 16.4 Å². The van der Waals surface area contributed by atoms with Crippen LogP contribution in [0.15, 0.2) is 10.5 Å². The first-order valence-corrected chi connectivity index (χ1v) is 6.79. The number of nitrogens with zero attached hydrogens (tertiary/aromatic N) is 6. The molecule has 0 spiro atoms. The molecule has 2 heterocycles. The van der Waals surface area contributed by atoms with Gasteiger partial charge < -0.3 is 15.3 Å². The second-order valence-electron chi connectivity index (χ2n) is 3.72. The summed E-state index contributed by atoms with van der Waals surface area (Å²) in [6.45, 7) is 1.91. The summed E-state index contributed by atoms with van der Waals surface area (Å²) in [5.41, 5.74) is 5.79. The molecule has 0 aliphatic rings. The first-order valence-electron chi connectivity index (χ1n) is 5.91. The number of anilines is 1. The highest BCUT2D eigenvalue weighted by Gasteiger charge is 2.19. The quantitative estimate of drug-likeness (QED) is 0.438. The lowest BCUT2D eigenvalue weighted by atomic mass is 10.3. The Morgan fingerprint density at radius 2 is 2.38 bits per heavy atom. The van der Waals surface area contributed by atoms with Crippen molar-refractivity contribution in [1.29, 1.82) is 0 Å². The van der Waals surface area contributed by atoms with Crippen LogP contribution in [-0.4, -0.2) is 43.5 Å². The number of thiazole rings is 1. The number of carbonyl (C=O) groups excluding carboxylic acids is 1. The Kier molecular flexibility index (Phi) is 4.77. The van der Waals surface area contributed by atoms with E-state index in [1.807, 2.05) is 0 Å². The van der Waals surface area contributed by atoms with Crippen LogP contribution < -0.4 is 5.73 Å². The molecule has 11 heteroatoms. The molecule has 10 nitrogen and oxygen atoms in total. The van der Waals surface area contributed by atoms with Gasteiger partial charge in [-0.1, -0.05) is 5.16 Å². The minimum Gasteiger partial charge on any atom is -0.461 e. The predicted octanol–water partition coefficient (Wildman–Crippen LogP) is -0.267. The van der Waals surface area contributed by atoms with Gasteiger partial charge in [-0.2, -0.15) is 0 Å². The number of nitrogens with two attached hydrogens (primary N) is 1. The second kappa shape index (κ2) is 6.74. The molecule has 0 aliphatic heterocycles. The lowest BCUT2D eigenvalue weighted by molar-refractivity contribution is -0.135. The number of tetrazole rings is 1. The monoisotopic (exact) mass is 311 g/mol. The van der Waals surface area contributed by atoms with Crippen LogP contribution >= 0.6 is 11.3 Å². The molecule has 0 saturated carbocycles. The molecule has 0 atom stereocenters. The van der Waals surface area contributed by atoms with Crippen molar-refractivity contribution < 1.29 is 14.4 Å². The fraction of sp³-hybridized carbons (Fsp3) is 0.400. The van der Waals surface area contributed by atoms with Gasteiger partial charge >= 0.3 is 5.97 Å². The lowest BCUT2D eigenvalue weighted by Crippen LogP contribution is -2.20. The predicted molar refractivity (Wildman–Crippen MR) is 73.3 cm³/mol. The van der Waals surface area contributed by atoms with E-state index in [4.69, 9.17) is 15.3 Å². The number of aryl methyl sites for hydroxylation is 1. The summed E-state index contributed by atoms with van der Waals surface area (Å²) in [5.74, 6) is -0.182. The average Bonchev–Trinajstić information content (AvgIpc) is 3.04. The minimum absolute atomic E-state index is 0.00598. The summed E-state index contributed by atoms with van der Waals surface area (Å²) in [6.07, 6.45) is 0. The van der Waals surface area contributed by atoms with E-state index in [2.05, 4.69) is 25.7 Å². The normalized spacial score (nSPS) is 11.4. The fourth-order valence-corrected chi connectivity index (χ4v) is 1.86. The molecule has 0 fully saturated rings. The number of hydrogen-bond donors (Lipinski definition) is 1. The van der Waals surface area contributed by atoms with Gasteiger partial charge in [0.05, 0.1) is 6.61 Å². The molecule has 0 amide bonds. The van der Waals surface area contributed by atoms with Crippen LogP contribution in [0.2, 0.25) is 0 Å². The van der Waals surface area contributed by atoms with E-state index in [1.54, 1.807) is 19.4 Å². The fourth-order valence-electron chi connectivity index (χ4n) is 1.31. The maximum Gasteiger partial charge on any atom is 0.362 e. The highest BCUT2D eigenvalue weighted by Crippen LogP contribution is 2.13. The van der Waals surface area contributed by atoms with Crippen LogP contribution in [0.5, 0.6) is 0 Å². The summed E-state index contributed by atoms with van der Waals surface area (Å²) in [4.78, 5) is 20.9. The van der Waals surface area contributed by atoms with Gasteiger partial charge in [0, 0.05) is 12.4 Å². The van der Waals surface area contributed by atoms with Gasteiger partial charge in [-0.05, 0) is 17.4 Å². The number of esters is 1. The molecule has 2 rings (SSSR count).